The molecule has 2 aromatic rings. The molecule has 7 nitrogen and oxygen atoms in total. The molecule has 7 heteroatoms. The van der Waals surface area contributed by atoms with Gasteiger partial charge < -0.3 is 20.1 Å². The summed E-state index contributed by atoms with van der Waals surface area (Å²) in [6.45, 7) is 0.0738. The summed E-state index contributed by atoms with van der Waals surface area (Å²) in [5.74, 6) is -1.03. The van der Waals surface area contributed by atoms with E-state index in [0.717, 1.165) is 6.39 Å². The van der Waals surface area contributed by atoms with Crippen molar-refractivity contribution in [2.75, 3.05) is 0 Å². The molecule has 1 aromatic heterocycles. The van der Waals surface area contributed by atoms with Crippen molar-refractivity contribution in [2.45, 2.75) is 6.54 Å². The number of hydrogen-bond acceptors (Lipinski definition) is 6. The van der Waals surface area contributed by atoms with E-state index >= 15 is 0 Å². The lowest BCUT2D eigenvalue weighted by atomic mass is 10.1. The van der Waals surface area contributed by atoms with Crippen molar-refractivity contribution in [3.63, 3.8) is 0 Å². The largest absolute Gasteiger partial charge is 0.504 e. The number of hydrogen-bond donors (Lipinski definition) is 3. The smallest absolute Gasteiger partial charge is 0.255 e. The highest BCUT2D eigenvalue weighted by molar-refractivity contribution is 5.97. The summed E-state index contributed by atoms with van der Waals surface area (Å²) in [5, 5.41) is 24.7. The second-order valence-electron chi connectivity index (χ2n) is 3.20. The van der Waals surface area contributed by atoms with Crippen LogP contribution in [0.5, 0.6) is 11.5 Å². The minimum atomic E-state index is -0.539. The summed E-state index contributed by atoms with van der Waals surface area (Å²) in [6, 6.07) is 4.13. The number of nitrogens with one attached hydrogen (secondary N) is 1. The zero-order chi connectivity index (χ0) is 12.3. The fourth-order valence-corrected chi connectivity index (χ4v) is 1.24. The van der Waals surface area contributed by atoms with Crippen LogP contribution in [0.3, 0.4) is 0 Å². The first-order valence-electron chi connectivity index (χ1n) is 4.73. The van der Waals surface area contributed by atoms with Crippen LogP contribution in [0.4, 0.5) is 0 Å². The molecule has 88 valence electrons. The van der Waals surface area contributed by atoms with Gasteiger partial charge >= 0.3 is 0 Å². The third kappa shape index (κ3) is 2.33. The number of carbonyl (C=O) groups excluding carboxylic acids is 1. The lowest BCUT2D eigenvalue weighted by molar-refractivity contribution is 0.0946. The van der Waals surface area contributed by atoms with E-state index in [1.807, 2.05) is 0 Å². The first kappa shape index (κ1) is 10.9. The maximum absolute atomic E-state index is 11.6. The van der Waals surface area contributed by atoms with Gasteiger partial charge in [-0.2, -0.15) is 4.98 Å². The standard InChI is InChI=1S/C10H9N3O4/c14-7-3-1-2-6(9(7)15)10(16)11-4-8-12-5-17-13-8/h1-3,5,14-15H,4H2,(H,11,16). The van der Waals surface area contributed by atoms with Crippen LogP contribution in [0.2, 0.25) is 0 Å². The van der Waals surface area contributed by atoms with E-state index in [-0.39, 0.29) is 17.9 Å². The number of rotatable bonds is 3. The number of amides is 1. The van der Waals surface area contributed by atoms with Gasteiger partial charge in [-0.15, -0.1) is 0 Å². The second kappa shape index (κ2) is 4.52. The Balaban J connectivity index is 2.07. The van der Waals surface area contributed by atoms with Crippen molar-refractivity contribution in [1.82, 2.24) is 15.5 Å². The zero-order valence-corrected chi connectivity index (χ0v) is 8.62. The van der Waals surface area contributed by atoms with E-state index in [2.05, 4.69) is 20.0 Å². The molecule has 0 spiro atoms. The van der Waals surface area contributed by atoms with E-state index < -0.39 is 11.7 Å². The average molecular weight is 235 g/mol. The van der Waals surface area contributed by atoms with E-state index in [9.17, 15) is 15.0 Å². The molecule has 17 heavy (non-hydrogen) atoms. The molecule has 1 amide bonds. The fourth-order valence-electron chi connectivity index (χ4n) is 1.24. The van der Waals surface area contributed by atoms with E-state index in [1.54, 1.807) is 0 Å². The van der Waals surface area contributed by atoms with Crippen LogP contribution in [-0.2, 0) is 6.54 Å². The summed E-state index contributed by atoms with van der Waals surface area (Å²) >= 11 is 0. The Hall–Kier alpha value is -2.57. The number of nitrogens with zero attached hydrogens (tertiary/aromatic N) is 2. The van der Waals surface area contributed by atoms with E-state index in [4.69, 9.17) is 0 Å². The van der Waals surface area contributed by atoms with Crippen molar-refractivity contribution in [3.8, 4) is 11.5 Å². The Labute approximate surface area is 95.7 Å². The van der Waals surface area contributed by atoms with Crippen molar-refractivity contribution < 1.29 is 19.5 Å². The Bertz CT molecular complexity index is 524. The van der Waals surface area contributed by atoms with Crippen LogP contribution in [0.1, 0.15) is 16.2 Å². The molecule has 3 N–H and O–H groups in total. The van der Waals surface area contributed by atoms with Gasteiger partial charge in [-0.05, 0) is 12.1 Å². The number of phenols is 2. The fraction of sp³-hybridized carbons (Fsp3) is 0.100. The minimum Gasteiger partial charge on any atom is -0.504 e. The Kier molecular flexibility index (Phi) is 2.91. The van der Waals surface area contributed by atoms with Gasteiger partial charge in [0.05, 0.1) is 12.1 Å². The third-order valence-corrected chi connectivity index (χ3v) is 2.07. The summed E-state index contributed by atoms with van der Waals surface area (Å²) in [5.41, 5.74) is -0.0199. The summed E-state index contributed by atoms with van der Waals surface area (Å²) < 4.78 is 4.49. The molecule has 0 unspecified atom stereocenters. The first-order chi connectivity index (χ1) is 8.18. The zero-order valence-electron chi connectivity index (χ0n) is 8.62. The van der Waals surface area contributed by atoms with Crippen molar-refractivity contribution in [2.24, 2.45) is 0 Å². The normalized spacial score (nSPS) is 10.1. The van der Waals surface area contributed by atoms with Crippen molar-refractivity contribution in [3.05, 3.63) is 36.0 Å². The van der Waals surface area contributed by atoms with Crippen LogP contribution in [-0.4, -0.2) is 26.3 Å². The minimum absolute atomic E-state index is 0.0199. The summed E-state index contributed by atoms with van der Waals surface area (Å²) in [6.07, 6.45) is 1.15. The SMILES string of the molecule is O=C(NCc1ncon1)c1cccc(O)c1O. The molecule has 1 heterocycles. The summed E-state index contributed by atoms with van der Waals surface area (Å²) in [7, 11) is 0. The van der Waals surface area contributed by atoms with Crippen LogP contribution < -0.4 is 5.32 Å². The van der Waals surface area contributed by atoms with Crippen LogP contribution >= 0.6 is 0 Å². The molecular weight excluding hydrogens is 226 g/mol. The van der Waals surface area contributed by atoms with Gasteiger partial charge in [0.15, 0.2) is 17.3 Å². The highest BCUT2D eigenvalue weighted by atomic mass is 16.5. The molecule has 0 aliphatic carbocycles. The van der Waals surface area contributed by atoms with Gasteiger partial charge in [0.2, 0.25) is 6.39 Å². The molecule has 0 fully saturated rings. The molecule has 0 saturated carbocycles. The highest BCUT2D eigenvalue weighted by Crippen LogP contribution is 2.27. The third-order valence-electron chi connectivity index (χ3n) is 2.07. The van der Waals surface area contributed by atoms with Crippen LogP contribution in [0, 0.1) is 0 Å². The van der Waals surface area contributed by atoms with E-state index in [0.29, 0.717) is 5.82 Å². The predicted octanol–water partition coefficient (Wildman–Crippen LogP) is 0.411. The molecule has 0 atom stereocenters. The monoisotopic (exact) mass is 235 g/mol. The van der Waals surface area contributed by atoms with Gasteiger partial charge in [0.25, 0.3) is 5.91 Å². The second-order valence-corrected chi connectivity index (χ2v) is 3.20. The quantitative estimate of drug-likeness (QED) is 0.665. The molecule has 0 aliphatic heterocycles. The molecule has 0 saturated heterocycles. The molecule has 0 bridgehead atoms. The maximum Gasteiger partial charge on any atom is 0.255 e. The van der Waals surface area contributed by atoms with Gasteiger partial charge in [0, 0.05) is 0 Å². The topological polar surface area (TPSA) is 108 Å². The number of aromatic hydroxyl groups is 2. The first-order valence-corrected chi connectivity index (χ1v) is 4.73. The maximum atomic E-state index is 11.6. The van der Waals surface area contributed by atoms with E-state index in [1.165, 1.54) is 18.2 Å². The Morgan fingerprint density at radius 2 is 2.24 bits per heavy atom. The predicted molar refractivity (Wildman–Crippen MR) is 55.2 cm³/mol. The number of benzene rings is 1. The lowest BCUT2D eigenvalue weighted by Gasteiger charge is -2.05. The molecule has 0 aliphatic rings. The summed E-state index contributed by atoms with van der Waals surface area (Å²) in [4.78, 5) is 15.4. The van der Waals surface area contributed by atoms with Gasteiger partial charge in [-0.3, -0.25) is 4.79 Å². The molecule has 1 aromatic carbocycles. The molecule has 2 rings (SSSR count). The van der Waals surface area contributed by atoms with Gasteiger partial charge in [-0.1, -0.05) is 11.2 Å². The van der Waals surface area contributed by atoms with Crippen LogP contribution in [0.25, 0.3) is 0 Å². The van der Waals surface area contributed by atoms with Gasteiger partial charge in [0.1, 0.15) is 0 Å². The Morgan fingerprint density at radius 3 is 2.94 bits per heavy atom. The number of carbonyl (C=O) groups is 1. The van der Waals surface area contributed by atoms with Gasteiger partial charge in [-0.25, -0.2) is 0 Å². The molecule has 0 radical (unpaired) electrons. The van der Waals surface area contributed by atoms with Crippen molar-refractivity contribution in [1.29, 1.82) is 0 Å². The number of para-hydroxylation sites is 1. The lowest BCUT2D eigenvalue weighted by Crippen LogP contribution is -2.23. The molecular formula is C10H9N3O4. The van der Waals surface area contributed by atoms with Crippen LogP contribution in [0.15, 0.2) is 29.1 Å². The highest BCUT2D eigenvalue weighted by Gasteiger charge is 2.13. The number of aromatic nitrogens is 2. The van der Waals surface area contributed by atoms with Crippen molar-refractivity contribution >= 4 is 5.91 Å². The number of phenolic OH excluding ortho intramolecular Hbond substituents is 2. The average Bonchev–Trinajstić information content (AvgIpc) is 2.82. The Morgan fingerprint density at radius 1 is 1.41 bits per heavy atom.